The van der Waals surface area contributed by atoms with Gasteiger partial charge in [-0.2, -0.15) is 0 Å². The first kappa shape index (κ1) is 11.2. The van der Waals surface area contributed by atoms with Crippen molar-refractivity contribution in [1.82, 2.24) is 19.5 Å². The van der Waals surface area contributed by atoms with E-state index in [0.29, 0.717) is 11.8 Å². The minimum absolute atomic E-state index is 0.112. The van der Waals surface area contributed by atoms with Crippen molar-refractivity contribution in [3.05, 3.63) is 23.9 Å². The van der Waals surface area contributed by atoms with Crippen LogP contribution in [0.1, 0.15) is 23.2 Å². The summed E-state index contributed by atoms with van der Waals surface area (Å²) in [5.74, 6) is 0.776. The van der Waals surface area contributed by atoms with Crippen LogP contribution in [0.2, 0.25) is 0 Å². The molecule has 7 nitrogen and oxygen atoms in total. The zero-order valence-electron chi connectivity index (χ0n) is 9.60. The Morgan fingerprint density at radius 2 is 2.41 bits per heavy atom. The molecule has 0 radical (unpaired) electrons. The fourth-order valence-corrected chi connectivity index (χ4v) is 1.55. The maximum atomic E-state index is 11.6. The number of carbonyl (C=O) groups excluding carboxylic acids is 1. The topological polar surface area (TPSA) is 98.8 Å². The molecule has 0 aromatic carbocycles. The molecule has 0 fully saturated rings. The van der Waals surface area contributed by atoms with Crippen molar-refractivity contribution >= 4 is 11.8 Å². The molecular weight excluding hydrogens is 222 g/mol. The Balaban J connectivity index is 2.46. The maximum absolute atomic E-state index is 11.6. The SMILES string of the molecule is CCOC(=O)c1nc(C)n(-c2ncc[nH]2)c1N. The van der Waals surface area contributed by atoms with Crippen molar-refractivity contribution in [3.63, 3.8) is 0 Å². The largest absolute Gasteiger partial charge is 0.461 e. The first-order valence-corrected chi connectivity index (χ1v) is 5.16. The number of hydrogen-bond acceptors (Lipinski definition) is 5. The summed E-state index contributed by atoms with van der Waals surface area (Å²) in [6.45, 7) is 3.75. The highest BCUT2D eigenvalue weighted by Gasteiger charge is 2.21. The Hall–Kier alpha value is -2.31. The normalized spacial score (nSPS) is 10.5. The van der Waals surface area contributed by atoms with Crippen LogP contribution >= 0.6 is 0 Å². The van der Waals surface area contributed by atoms with Crippen LogP contribution in [0.3, 0.4) is 0 Å². The Morgan fingerprint density at radius 1 is 1.65 bits per heavy atom. The molecule has 2 rings (SSSR count). The number of nitrogens with two attached hydrogens (primary N) is 1. The number of hydrogen-bond donors (Lipinski definition) is 2. The number of aryl methyl sites for hydroxylation is 1. The molecule has 90 valence electrons. The molecule has 0 aliphatic rings. The van der Waals surface area contributed by atoms with E-state index in [-0.39, 0.29) is 18.1 Å². The summed E-state index contributed by atoms with van der Waals surface area (Å²) < 4.78 is 6.43. The van der Waals surface area contributed by atoms with Gasteiger partial charge in [-0.3, -0.25) is 4.57 Å². The van der Waals surface area contributed by atoms with Crippen molar-refractivity contribution in [1.29, 1.82) is 0 Å². The lowest BCUT2D eigenvalue weighted by Gasteiger charge is -2.03. The van der Waals surface area contributed by atoms with Gasteiger partial charge in [-0.05, 0) is 13.8 Å². The van der Waals surface area contributed by atoms with Crippen LogP contribution in [-0.2, 0) is 4.74 Å². The van der Waals surface area contributed by atoms with Crippen LogP contribution in [0, 0.1) is 6.92 Å². The maximum Gasteiger partial charge on any atom is 0.360 e. The van der Waals surface area contributed by atoms with Gasteiger partial charge in [-0.1, -0.05) is 0 Å². The first-order valence-electron chi connectivity index (χ1n) is 5.16. The van der Waals surface area contributed by atoms with E-state index < -0.39 is 5.97 Å². The van der Waals surface area contributed by atoms with E-state index in [4.69, 9.17) is 10.5 Å². The minimum Gasteiger partial charge on any atom is -0.461 e. The molecule has 3 N–H and O–H groups in total. The molecule has 0 aliphatic heterocycles. The number of H-pyrrole nitrogens is 1. The van der Waals surface area contributed by atoms with Crippen molar-refractivity contribution in [3.8, 4) is 5.95 Å². The molecule has 2 aromatic heterocycles. The lowest BCUT2D eigenvalue weighted by Crippen LogP contribution is -2.10. The summed E-state index contributed by atoms with van der Waals surface area (Å²) in [5.41, 5.74) is 5.98. The van der Waals surface area contributed by atoms with Gasteiger partial charge in [0.1, 0.15) is 11.6 Å². The predicted molar refractivity (Wildman–Crippen MR) is 60.8 cm³/mol. The standard InChI is InChI=1S/C10H13N5O2/c1-3-17-9(16)7-8(11)15(6(2)14-7)10-12-4-5-13-10/h4-5H,3,11H2,1-2H3,(H,12,13). The van der Waals surface area contributed by atoms with E-state index in [0.717, 1.165) is 0 Å². The number of aromatic nitrogens is 4. The summed E-state index contributed by atoms with van der Waals surface area (Å²) in [6, 6.07) is 0. The van der Waals surface area contributed by atoms with Crippen LogP contribution in [0.5, 0.6) is 0 Å². The highest BCUT2D eigenvalue weighted by molar-refractivity contribution is 5.92. The predicted octanol–water partition coefficient (Wildman–Crippen LogP) is 0.663. The quantitative estimate of drug-likeness (QED) is 0.761. The fraction of sp³-hybridized carbons (Fsp3) is 0.300. The van der Waals surface area contributed by atoms with Gasteiger partial charge >= 0.3 is 5.97 Å². The number of aromatic amines is 1. The molecule has 0 saturated carbocycles. The molecule has 0 amide bonds. The Morgan fingerprint density at radius 3 is 3.00 bits per heavy atom. The lowest BCUT2D eigenvalue weighted by molar-refractivity contribution is 0.0521. The third-order valence-electron chi connectivity index (χ3n) is 2.25. The summed E-state index contributed by atoms with van der Waals surface area (Å²) in [4.78, 5) is 22.6. The van der Waals surface area contributed by atoms with Crippen LogP contribution in [0.25, 0.3) is 5.95 Å². The molecule has 0 bridgehead atoms. The van der Waals surface area contributed by atoms with Gasteiger partial charge in [-0.25, -0.2) is 14.8 Å². The Labute approximate surface area is 97.6 Å². The zero-order valence-corrected chi connectivity index (χ0v) is 9.60. The van der Waals surface area contributed by atoms with E-state index in [1.165, 1.54) is 0 Å². The van der Waals surface area contributed by atoms with Crippen molar-refractivity contribution in [2.75, 3.05) is 12.3 Å². The van der Waals surface area contributed by atoms with Gasteiger partial charge < -0.3 is 15.5 Å². The second kappa shape index (κ2) is 4.28. The number of rotatable bonds is 3. The monoisotopic (exact) mass is 235 g/mol. The fourth-order valence-electron chi connectivity index (χ4n) is 1.55. The molecule has 0 saturated heterocycles. The molecule has 0 atom stereocenters. The zero-order chi connectivity index (χ0) is 12.4. The molecule has 0 unspecified atom stereocenters. The lowest BCUT2D eigenvalue weighted by atomic mass is 10.4. The van der Waals surface area contributed by atoms with Gasteiger partial charge in [-0.15, -0.1) is 0 Å². The third kappa shape index (κ3) is 1.86. The van der Waals surface area contributed by atoms with E-state index in [2.05, 4.69) is 15.0 Å². The molecule has 0 aliphatic carbocycles. The van der Waals surface area contributed by atoms with E-state index >= 15 is 0 Å². The highest BCUT2D eigenvalue weighted by Crippen LogP contribution is 2.18. The molecule has 17 heavy (non-hydrogen) atoms. The van der Waals surface area contributed by atoms with Crippen LogP contribution in [0.15, 0.2) is 12.4 Å². The first-order chi connectivity index (χ1) is 8.15. The molecular formula is C10H13N5O2. The second-order valence-electron chi connectivity index (χ2n) is 3.36. The van der Waals surface area contributed by atoms with Gasteiger partial charge in [0.2, 0.25) is 5.95 Å². The average Bonchev–Trinajstić information content (AvgIpc) is 2.87. The summed E-state index contributed by atoms with van der Waals surface area (Å²) in [7, 11) is 0. The Kier molecular flexibility index (Phi) is 2.82. The number of esters is 1. The van der Waals surface area contributed by atoms with E-state index in [9.17, 15) is 4.79 Å². The van der Waals surface area contributed by atoms with E-state index in [1.54, 1.807) is 30.8 Å². The summed E-state index contributed by atoms with van der Waals surface area (Å²) >= 11 is 0. The van der Waals surface area contributed by atoms with Crippen molar-refractivity contribution in [2.45, 2.75) is 13.8 Å². The minimum atomic E-state index is -0.529. The van der Waals surface area contributed by atoms with E-state index in [1.807, 2.05) is 0 Å². The number of nitrogens with zero attached hydrogens (tertiary/aromatic N) is 3. The number of ether oxygens (including phenoxy) is 1. The second-order valence-corrected chi connectivity index (χ2v) is 3.36. The summed E-state index contributed by atoms with van der Waals surface area (Å²) in [5, 5.41) is 0. The number of imidazole rings is 2. The smallest absolute Gasteiger partial charge is 0.360 e. The number of carbonyl (C=O) groups is 1. The molecule has 2 heterocycles. The van der Waals surface area contributed by atoms with Crippen LogP contribution in [0.4, 0.5) is 5.82 Å². The molecule has 0 spiro atoms. The number of nitrogen functional groups attached to an aromatic ring is 1. The number of nitrogens with one attached hydrogen (secondary N) is 1. The van der Waals surface area contributed by atoms with Crippen LogP contribution < -0.4 is 5.73 Å². The van der Waals surface area contributed by atoms with Crippen molar-refractivity contribution in [2.24, 2.45) is 0 Å². The Bertz CT molecular complexity index is 529. The number of anilines is 1. The third-order valence-corrected chi connectivity index (χ3v) is 2.25. The van der Waals surface area contributed by atoms with Gasteiger partial charge in [0.25, 0.3) is 0 Å². The van der Waals surface area contributed by atoms with Gasteiger partial charge in [0.05, 0.1) is 6.61 Å². The van der Waals surface area contributed by atoms with Crippen molar-refractivity contribution < 1.29 is 9.53 Å². The average molecular weight is 235 g/mol. The van der Waals surface area contributed by atoms with Gasteiger partial charge in [0, 0.05) is 12.4 Å². The summed E-state index contributed by atoms with van der Waals surface area (Å²) in [6.07, 6.45) is 3.26. The van der Waals surface area contributed by atoms with Crippen LogP contribution in [-0.4, -0.2) is 32.1 Å². The molecule has 2 aromatic rings. The highest BCUT2D eigenvalue weighted by atomic mass is 16.5. The van der Waals surface area contributed by atoms with Gasteiger partial charge in [0.15, 0.2) is 5.69 Å². The molecule has 7 heteroatoms.